The smallest absolute Gasteiger partial charge is 0.239 e. The van der Waals surface area contributed by atoms with Crippen molar-refractivity contribution in [2.75, 3.05) is 37.7 Å². The zero-order valence-electron chi connectivity index (χ0n) is 12.9. The molecule has 5 heteroatoms. The van der Waals surface area contributed by atoms with Crippen molar-refractivity contribution in [3.63, 3.8) is 0 Å². The van der Waals surface area contributed by atoms with Crippen LogP contribution in [0.5, 0.6) is 5.88 Å². The standard InChI is InChI=1S/C15H26N4O/c1-15(2,3)20-14-12(16)5-6-13(18-14)17-9-11-7-8-19(4)10-11/h5-6,11H,7-10,16H2,1-4H3,(H,17,18). The maximum Gasteiger partial charge on any atom is 0.239 e. The number of anilines is 2. The Hall–Kier alpha value is -1.49. The summed E-state index contributed by atoms with van der Waals surface area (Å²) < 4.78 is 5.78. The van der Waals surface area contributed by atoms with Crippen LogP contribution in [0.25, 0.3) is 0 Å². The summed E-state index contributed by atoms with van der Waals surface area (Å²) in [5, 5.41) is 3.39. The SMILES string of the molecule is CN1CCC(CNc2ccc(N)c(OC(C)(C)C)n2)C1. The molecule has 0 radical (unpaired) electrons. The maximum atomic E-state index is 5.91. The highest BCUT2D eigenvalue weighted by Crippen LogP contribution is 2.25. The van der Waals surface area contributed by atoms with Crippen molar-refractivity contribution >= 4 is 11.5 Å². The molecule has 3 N–H and O–H groups in total. The Morgan fingerprint density at radius 2 is 2.20 bits per heavy atom. The van der Waals surface area contributed by atoms with Crippen LogP contribution in [0.15, 0.2) is 12.1 Å². The fourth-order valence-electron chi connectivity index (χ4n) is 2.36. The van der Waals surface area contributed by atoms with Gasteiger partial charge in [-0.05, 0) is 58.8 Å². The second-order valence-corrected chi connectivity index (χ2v) is 6.60. The molecule has 2 heterocycles. The van der Waals surface area contributed by atoms with Gasteiger partial charge in [0.2, 0.25) is 5.88 Å². The first-order valence-corrected chi connectivity index (χ1v) is 7.21. The average molecular weight is 278 g/mol. The number of likely N-dealkylation sites (tertiary alicyclic amines) is 1. The van der Waals surface area contributed by atoms with Crippen LogP contribution in [0.4, 0.5) is 11.5 Å². The zero-order valence-corrected chi connectivity index (χ0v) is 12.9. The minimum absolute atomic E-state index is 0.298. The first kappa shape index (κ1) is 14.9. The van der Waals surface area contributed by atoms with E-state index in [-0.39, 0.29) is 5.60 Å². The highest BCUT2D eigenvalue weighted by atomic mass is 16.5. The lowest BCUT2D eigenvalue weighted by molar-refractivity contribution is 0.125. The molecule has 1 aromatic rings. The van der Waals surface area contributed by atoms with E-state index < -0.39 is 0 Å². The van der Waals surface area contributed by atoms with Gasteiger partial charge >= 0.3 is 0 Å². The molecule has 2 rings (SSSR count). The molecule has 1 atom stereocenters. The van der Waals surface area contributed by atoms with E-state index in [9.17, 15) is 0 Å². The Kier molecular flexibility index (Phi) is 4.38. The summed E-state index contributed by atoms with van der Waals surface area (Å²) in [6, 6.07) is 3.75. The minimum Gasteiger partial charge on any atom is -0.470 e. The summed E-state index contributed by atoms with van der Waals surface area (Å²) in [5.74, 6) is 2.02. The molecule has 1 fully saturated rings. The zero-order chi connectivity index (χ0) is 14.8. The monoisotopic (exact) mass is 278 g/mol. The number of hydrogen-bond acceptors (Lipinski definition) is 5. The number of nitrogens with zero attached hydrogens (tertiary/aromatic N) is 2. The van der Waals surface area contributed by atoms with Crippen LogP contribution in [-0.2, 0) is 0 Å². The highest BCUT2D eigenvalue weighted by Gasteiger charge is 2.19. The van der Waals surface area contributed by atoms with E-state index in [1.54, 1.807) is 0 Å². The van der Waals surface area contributed by atoms with Crippen LogP contribution in [0.3, 0.4) is 0 Å². The molecule has 0 spiro atoms. The Balaban J connectivity index is 1.96. The van der Waals surface area contributed by atoms with Gasteiger partial charge in [0.25, 0.3) is 0 Å². The number of nitrogens with two attached hydrogens (primary N) is 1. The van der Waals surface area contributed by atoms with Crippen molar-refractivity contribution in [2.45, 2.75) is 32.8 Å². The van der Waals surface area contributed by atoms with Gasteiger partial charge in [-0.1, -0.05) is 0 Å². The minimum atomic E-state index is -0.298. The number of pyridine rings is 1. The fourth-order valence-corrected chi connectivity index (χ4v) is 2.36. The second kappa shape index (κ2) is 5.87. The second-order valence-electron chi connectivity index (χ2n) is 6.60. The normalized spacial score (nSPS) is 20.1. The summed E-state index contributed by atoms with van der Waals surface area (Å²) >= 11 is 0. The number of nitrogen functional groups attached to an aromatic ring is 1. The first-order chi connectivity index (χ1) is 9.33. The molecule has 0 amide bonds. The molecule has 1 unspecified atom stereocenters. The van der Waals surface area contributed by atoms with Gasteiger partial charge in [-0.25, -0.2) is 0 Å². The van der Waals surface area contributed by atoms with E-state index in [1.165, 1.54) is 13.0 Å². The lowest BCUT2D eigenvalue weighted by atomic mass is 10.1. The van der Waals surface area contributed by atoms with Crippen molar-refractivity contribution in [1.82, 2.24) is 9.88 Å². The van der Waals surface area contributed by atoms with Gasteiger partial charge in [0.15, 0.2) is 0 Å². The number of aromatic nitrogens is 1. The van der Waals surface area contributed by atoms with Gasteiger partial charge in [0.1, 0.15) is 11.4 Å². The molecular formula is C15H26N4O. The third-order valence-electron chi connectivity index (χ3n) is 3.35. The lowest BCUT2D eigenvalue weighted by Gasteiger charge is -2.22. The predicted octanol–water partition coefficient (Wildman–Crippen LogP) is 2.20. The molecule has 1 saturated heterocycles. The third kappa shape index (κ3) is 4.27. The summed E-state index contributed by atoms with van der Waals surface area (Å²) in [5.41, 5.74) is 6.19. The van der Waals surface area contributed by atoms with Gasteiger partial charge < -0.3 is 20.7 Å². The van der Waals surface area contributed by atoms with Crippen LogP contribution in [0, 0.1) is 5.92 Å². The Bertz CT molecular complexity index is 456. The van der Waals surface area contributed by atoms with Crippen LogP contribution >= 0.6 is 0 Å². The van der Waals surface area contributed by atoms with Gasteiger partial charge in [0, 0.05) is 13.1 Å². The number of rotatable bonds is 4. The number of hydrogen-bond donors (Lipinski definition) is 2. The number of ether oxygens (including phenoxy) is 1. The van der Waals surface area contributed by atoms with E-state index >= 15 is 0 Å². The van der Waals surface area contributed by atoms with Gasteiger partial charge in [-0.15, -0.1) is 0 Å². The topological polar surface area (TPSA) is 63.4 Å². The number of nitrogens with one attached hydrogen (secondary N) is 1. The van der Waals surface area contributed by atoms with Gasteiger partial charge in [-0.2, -0.15) is 4.98 Å². The molecule has 1 aliphatic rings. The highest BCUT2D eigenvalue weighted by molar-refractivity contribution is 5.53. The predicted molar refractivity (Wildman–Crippen MR) is 83.1 cm³/mol. The Morgan fingerprint density at radius 1 is 1.45 bits per heavy atom. The average Bonchev–Trinajstić information content (AvgIpc) is 2.74. The molecule has 0 saturated carbocycles. The molecular weight excluding hydrogens is 252 g/mol. The largest absolute Gasteiger partial charge is 0.470 e. The van der Waals surface area contributed by atoms with E-state index in [1.807, 2.05) is 32.9 Å². The van der Waals surface area contributed by atoms with Crippen molar-refractivity contribution in [3.8, 4) is 5.88 Å². The lowest BCUT2D eigenvalue weighted by Crippen LogP contribution is -2.24. The van der Waals surface area contributed by atoms with E-state index in [0.29, 0.717) is 17.5 Å². The summed E-state index contributed by atoms with van der Waals surface area (Å²) in [6.45, 7) is 9.23. The van der Waals surface area contributed by atoms with Crippen molar-refractivity contribution in [3.05, 3.63) is 12.1 Å². The molecule has 1 aromatic heterocycles. The van der Waals surface area contributed by atoms with Crippen LogP contribution in [-0.4, -0.2) is 42.2 Å². The summed E-state index contributed by atoms with van der Waals surface area (Å²) in [4.78, 5) is 6.82. The summed E-state index contributed by atoms with van der Waals surface area (Å²) in [7, 11) is 2.16. The van der Waals surface area contributed by atoms with Crippen molar-refractivity contribution in [2.24, 2.45) is 5.92 Å². The van der Waals surface area contributed by atoms with E-state index in [4.69, 9.17) is 10.5 Å². The van der Waals surface area contributed by atoms with Crippen molar-refractivity contribution in [1.29, 1.82) is 0 Å². The third-order valence-corrected chi connectivity index (χ3v) is 3.35. The molecule has 112 valence electrons. The summed E-state index contributed by atoms with van der Waals surface area (Å²) in [6.07, 6.45) is 1.24. The quantitative estimate of drug-likeness (QED) is 0.884. The van der Waals surface area contributed by atoms with Crippen LogP contribution in [0.2, 0.25) is 0 Å². The molecule has 20 heavy (non-hydrogen) atoms. The Morgan fingerprint density at radius 3 is 2.80 bits per heavy atom. The molecule has 5 nitrogen and oxygen atoms in total. The Labute approximate surface area is 121 Å². The molecule has 0 aromatic carbocycles. The fraction of sp³-hybridized carbons (Fsp3) is 0.667. The molecule has 1 aliphatic heterocycles. The van der Waals surface area contributed by atoms with Crippen LogP contribution in [0.1, 0.15) is 27.2 Å². The van der Waals surface area contributed by atoms with E-state index in [0.717, 1.165) is 18.9 Å². The molecule has 0 aliphatic carbocycles. The van der Waals surface area contributed by atoms with Crippen LogP contribution < -0.4 is 15.8 Å². The van der Waals surface area contributed by atoms with Crippen molar-refractivity contribution < 1.29 is 4.74 Å². The van der Waals surface area contributed by atoms with E-state index in [2.05, 4.69) is 22.2 Å². The van der Waals surface area contributed by atoms with Gasteiger partial charge in [0.05, 0.1) is 5.69 Å². The molecule has 0 bridgehead atoms. The first-order valence-electron chi connectivity index (χ1n) is 7.21. The maximum absolute atomic E-state index is 5.91. The van der Waals surface area contributed by atoms with Gasteiger partial charge in [-0.3, -0.25) is 0 Å².